The fraction of sp³-hybridized carbons (Fsp3) is 0.625. The average Bonchev–Trinajstić information content (AvgIpc) is 2.39. The first-order chi connectivity index (χ1) is 8.59. The Kier molecular flexibility index (Phi) is 4.41. The maximum atomic E-state index is 9.97. The predicted octanol–water partition coefficient (Wildman–Crippen LogP) is 2.86. The summed E-state index contributed by atoms with van der Waals surface area (Å²) < 4.78 is 0. The maximum Gasteiger partial charge on any atom is 0.0693 e. The highest BCUT2D eigenvalue weighted by atomic mass is 16.3. The zero-order valence-electron chi connectivity index (χ0n) is 11.5. The van der Waals surface area contributed by atoms with Gasteiger partial charge in [0, 0.05) is 18.0 Å². The topological polar surface area (TPSA) is 32.3 Å². The lowest BCUT2D eigenvalue weighted by Gasteiger charge is -2.33. The van der Waals surface area contributed by atoms with Gasteiger partial charge in [-0.2, -0.15) is 0 Å². The summed E-state index contributed by atoms with van der Waals surface area (Å²) in [6.45, 7) is 5.42. The summed E-state index contributed by atoms with van der Waals surface area (Å²) in [5, 5.41) is 13.5. The predicted molar refractivity (Wildman–Crippen MR) is 75.7 cm³/mol. The van der Waals surface area contributed by atoms with Crippen LogP contribution in [-0.2, 0) is 5.41 Å². The van der Waals surface area contributed by atoms with Crippen LogP contribution in [0.2, 0.25) is 0 Å². The first-order valence-corrected chi connectivity index (χ1v) is 7.06. The molecule has 2 rings (SSSR count). The van der Waals surface area contributed by atoms with E-state index in [9.17, 15) is 5.11 Å². The molecule has 0 aromatic heterocycles. The van der Waals surface area contributed by atoms with Crippen LogP contribution in [0.4, 0.5) is 0 Å². The van der Waals surface area contributed by atoms with Crippen LogP contribution in [-0.4, -0.2) is 23.8 Å². The third-order valence-electron chi connectivity index (χ3n) is 4.09. The summed E-state index contributed by atoms with van der Waals surface area (Å²) >= 11 is 0. The van der Waals surface area contributed by atoms with Gasteiger partial charge in [0.25, 0.3) is 0 Å². The minimum atomic E-state index is -0.162. The van der Waals surface area contributed by atoms with Gasteiger partial charge in [-0.05, 0) is 18.4 Å². The van der Waals surface area contributed by atoms with Crippen molar-refractivity contribution in [3.05, 3.63) is 35.9 Å². The van der Waals surface area contributed by atoms with Crippen molar-refractivity contribution in [2.45, 2.75) is 57.1 Å². The molecule has 1 aliphatic carbocycles. The van der Waals surface area contributed by atoms with Crippen LogP contribution >= 0.6 is 0 Å². The van der Waals surface area contributed by atoms with Crippen molar-refractivity contribution in [1.29, 1.82) is 0 Å². The zero-order chi connectivity index (χ0) is 13.0. The molecule has 18 heavy (non-hydrogen) atoms. The lowest BCUT2D eigenvalue weighted by molar-refractivity contribution is 0.0885. The summed E-state index contributed by atoms with van der Waals surface area (Å²) in [6.07, 6.45) is 4.29. The summed E-state index contributed by atoms with van der Waals surface area (Å²) in [5.41, 5.74) is 1.46. The van der Waals surface area contributed by atoms with Gasteiger partial charge >= 0.3 is 0 Å². The van der Waals surface area contributed by atoms with E-state index < -0.39 is 0 Å². The smallest absolute Gasteiger partial charge is 0.0693 e. The van der Waals surface area contributed by atoms with Crippen LogP contribution in [0.25, 0.3) is 0 Å². The largest absolute Gasteiger partial charge is 0.392 e. The van der Waals surface area contributed by atoms with Crippen molar-refractivity contribution in [1.82, 2.24) is 5.32 Å². The summed E-state index contributed by atoms with van der Waals surface area (Å²) in [5.74, 6) is 0. The van der Waals surface area contributed by atoms with Crippen LogP contribution in [0.5, 0.6) is 0 Å². The van der Waals surface area contributed by atoms with Crippen molar-refractivity contribution >= 4 is 0 Å². The van der Waals surface area contributed by atoms with Gasteiger partial charge in [-0.1, -0.05) is 57.0 Å². The Hall–Kier alpha value is -0.860. The Balaban J connectivity index is 1.92. The number of aliphatic hydroxyl groups excluding tert-OH is 1. The standard InChI is InChI=1S/C16H25NO/c1-16(2,13-8-4-3-5-9-13)12-17-14-10-6-7-11-15(14)18/h3-5,8-9,14-15,17-18H,6-7,10-12H2,1-2H3/t14-,15-/m0/s1. The molecule has 0 radical (unpaired) electrons. The molecule has 1 aromatic carbocycles. The van der Waals surface area contributed by atoms with E-state index in [0.717, 1.165) is 19.4 Å². The molecule has 100 valence electrons. The second kappa shape index (κ2) is 5.85. The van der Waals surface area contributed by atoms with Gasteiger partial charge in [0.2, 0.25) is 0 Å². The Morgan fingerprint density at radius 1 is 1.17 bits per heavy atom. The molecule has 0 saturated heterocycles. The summed E-state index contributed by atoms with van der Waals surface area (Å²) in [6, 6.07) is 10.9. The molecule has 2 heteroatoms. The Labute approximate surface area is 110 Å². The van der Waals surface area contributed by atoms with Crippen molar-refractivity contribution in [2.75, 3.05) is 6.54 Å². The molecule has 0 unspecified atom stereocenters. The van der Waals surface area contributed by atoms with Crippen LogP contribution in [0.1, 0.15) is 45.1 Å². The third-order valence-corrected chi connectivity index (χ3v) is 4.09. The molecular weight excluding hydrogens is 222 g/mol. The number of hydrogen-bond donors (Lipinski definition) is 2. The fourth-order valence-corrected chi connectivity index (χ4v) is 2.73. The second-order valence-corrected chi connectivity index (χ2v) is 6.09. The van der Waals surface area contributed by atoms with Gasteiger partial charge in [0.15, 0.2) is 0 Å². The normalized spacial score (nSPS) is 25.1. The molecule has 1 aliphatic rings. The number of aliphatic hydroxyl groups is 1. The van der Waals surface area contributed by atoms with Gasteiger partial charge in [-0.25, -0.2) is 0 Å². The molecule has 1 saturated carbocycles. The molecule has 2 nitrogen and oxygen atoms in total. The molecule has 0 heterocycles. The van der Waals surface area contributed by atoms with Gasteiger partial charge in [0.05, 0.1) is 6.10 Å². The zero-order valence-corrected chi connectivity index (χ0v) is 11.5. The highest BCUT2D eigenvalue weighted by molar-refractivity contribution is 5.23. The molecule has 0 bridgehead atoms. The number of benzene rings is 1. The molecule has 1 fully saturated rings. The molecule has 0 spiro atoms. The highest BCUT2D eigenvalue weighted by Gasteiger charge is 2.26. The summed E-state index contributed by atoms with van der Waals surface area (Å²) in [4.78, 5) is 0. The Morgan fingerprint density at radius 2 is 1.83 bits per heavy atom. The molecule has 0 amide bonds. The van der Waals surface area contributed by atoms with Crippen LogP contribution in [0.15, 0.2) is 30.3 Å². The van der Waals surface area contributed by atoms with Gasteiger partial charge < -0.3 is 10.4 Å². The second-order valence-electron chi connectivity index (χ2n) is 6.09. The van der Waals surface area contributed by atoms with Crippen molar-refractivity contribution in [2.24, 2.45) is 0 Å². The van der Waals surface area contributed by atoms with E-state index >= 15 is 0 Å². The average molecular weight is 247 g/mol. The van der Waals surface area contributed by atoms with E-state index in [1.165, 1.54) is 18.4 Å². The van der Waals surface area contributed by atoms with E-state index in [1.807, 2.05) is 0 Å². The monoisotopic (exact) mass is 247 g/mol. The lowest BCUT2D eigenvalue weighted by atomic mass is 9.83. The SMILES string of the molecule is CC(C)(CN[C@H]1CCCC[C@@H]1O)c1ccccc1. The quantitative estimate of drug-likeness (QED) is 0.857. The molecular formula is C16H25NO. The van der Waals surface area contributed by atoms with E-state index in [-0.39, 0.29) is 17.6 Å². The molecule has 2 N–H and O–H groups in total. The van der Waals surface area contributed by atoms with Gasteiger partial charge in [0.1, 0.15) is 0 Å². The number of nitrogens with one attached hydrogen (secondary N) is 1. The summed E-state index contributed by atoms with van der Waals surface area (Å²) in [7, 11) is 0. The Morgan fingerprint density at radius 3 is 2.50 bits per heavy atom. The third kappa shape index (κ3) is 3.33. The molecule has 1 aromatic rings. The van der Waals surface area contributed by atoms with Gasteiger partial charge in [-0.3, -0.25) is 0 Å². The van der Waals surface area contributed by atoms with Crippen molar-refractivity contribution in [3.63, 3.8) is 0 Å². The van der Waals surface area contributed by atoms with E-state index in [0.29, 0.717) is 0 Å². The van der Waals surface area contributed by atoms with Gasteiger partial charge in [-0.15, -0.1) is 0 Å². The van der Waals surface area contributed by atoms with E-state index in [1.54, 1.807) is 0 Å². The minimum Gasteiger partial charge on any atom is -0.392 e. The number of hydrogen-bond acceptors (Lipinski definition) is 2. The maximum absolute atomic E-state index is 9.97. The fourth-order valence-electron chi connectivity index (χ4n) is 2.73. The first kappa shape index (κ1) is 13.6. The highest BCUT2D eigenvalue weighted by Crippen LogP contribution is 2.24. The van der Waals surface area contributed by atoms with Crippen LogP contribution in [0, 0.1) is 0 Å². The minimum absolute atomic E-state index is 0.110. The van der Waals surface area contributed by atoms with E-state index in [4.69, 9.17) is 0 Å². The molecule has 2 atom stereocenters. The van der Waals surface area contributed by atoms with Crippen molar-refractivity contribution < 1.29 is 5.11 Å². The first-order valence-electron chi connectivity index (χ1n) is 7.06. The van der Waals surface area contributed by atoms with Crippen LogP contribution in [0.3, 0.4) is 0 Å². The molecule has 0 aliphatic heterocycles. The lowest BCUT2D eigenvalue weighted by Crippen LogP contribution is -2.46. The van der Waals surface area contributed by atoms with Crippen molar-refractivity contribution in [3.8, 4) is 0 Å². The van der Waals surface area contributed by atoms with Crippen LogP contribution < -0.4 is 5.32 Å². The number of rotatable bonds is 4. The Bertz CT molecular complexity index is 361. The van der Waals surface area contributed by atoms with E-state index in [2.05, 4.69) is 49.5 Å².